The van der Waals surface area contributed by atoms with E-state index < -0.39 is 11.4 Å². The largest absolute Gasteiger partial charge is 0.481 e. The molecule has 114 valence electrons. The second-order valence-corrected chi connectivity index (χ2v) is 6.29. The monoisotopic (exact) mass is 284 g/mol. The van der Waals surface area contributed by atoms with Crippen molar-refractivity contribution in [1.82, 2.24) is 10.2 Å². The number of nitrogens with one attached hydrogen (secondary N) is 1. The van der Waals surface area contributed by atoms with Crippen LogP contribution in [0.15, 0.2) is 0 Å². The van der Waals surface area contributed by atoms with Crippen LogP contribution in [-0.2, 0) is 14.4 Å². The molecule has 0 spiro atoms. The summed E-state index contributed by atoms with van der Waals surface area (Å²) in [6.45, 7) is 6.24. The molecule has 1 fully saturated rings. The van der Waals surface area contributed by atoms with Crippen LogP contribution in [0, 0.1) is 5.41 Å². The third-order valence-electron chi connectivity index (χ3n) is 3.44. The van der Waals surface area contributed by atoms with Crippen LogP contribution in [0.1, 0.15) is 46.5 Å². The molecule has 6 heteroatoms. The summed E-state index contributed by atoms with van der Waals surface area (Å²) >= 11 is 0. The van der Waals surface area contributed by atoms with Crippen LogP contribution in [0.25, 0.3) is 0 Å². The molecule has 1 aliphatic rings. The molecule has 6 nitrogen and oxygen atoms in total. The van der Waals surface area contributed by atoms with Crippen molar-refractivity contribution in [2.45, 2.75) is 52.5 Å². The summed E-state index contributed by atoms with van der Waals surface area (Å²) in [5, 5.41) is 11.7. The maximum Gasteiger partial charge on any atom is 0.303 e. The van der Waals surface area contributed by atoms with Crippen molar-refractivity contribution in [3.63, 3.8) is 0 Å². The van der Waals surface area contributed by atoms with Crippen LogP contribution >= 0.6 is 0 Å². The number of hydrogen-bond acceptors (Lipinski definition) is 3. The first-order valence-corrected chi connectivity index (χ1v) is 6.96. The Morgan fingerprint density at radius 3 is 2.50 bits per heavy atom. The van der Waals surface area contributed by atoms with Crippen molar-refractivity contribution >= 4 is 17.8 Å². The lowest BCUT2D eigenvalue weighted by molar-refractivity contribution is -0.141. The van der Waals surface area contributed by atoms with Gasteiger partial charge in [0.25, 0.3) is 0 Å². The molecule has 0 saturated carbocycles. The zero-order valence-corrected chi connectivity index (χ0v) is 12.4. The summed E-state index contributed by atoms with van der Waals surface area (Å²) in [4.78, 5) is 35.8. The van der Waals surface area contributed by atoms with Crippen LogP contribution in [0.5, 0.6) is 0 Å². The van der Waals surface area contributed by atoms with Crippen LogP contribution in [0.3, 0.4) is 0 Å². The van der Waals surface area contributed by atoms with E-state index in [9.17, 15) is 14.4 Å². The molecule has 0 aromatic heterocycles. The number of piperidine rings is 1. The number of carbonyl (C=O) groups is 3. The van der Waals surface area contributed by atoms with Crippen molar-refractivity contribution in [1.29, 1.82) is 0 Å². The number of rotatable bonds is 5. The van der Waals surface area contributed by atoms with E-state index in [1.54, 1.807) is 18.7 Å². The van der Waals surface area contributed by atoms with E-state index in [4.69, 9.17) is 5.11 Å². The molecule has 2 amide bonds. The van der Waals surface area contributed by atoms with Gasteiger partial charge in [0.05, 0.1) is 6.42 Å². The molecule has 2 N–H and O–H groups in total. The third kappa shape index (κ3) is 5.59. The Morgan fingerprint density at radius 2 is 1.95 bits per heavy atom. The van der Waals surface area contributed by atoms with Crippen molar-refractivity contribution in [2.75, 3.05) is 13.1 Å². The number of carboxylic acids is 1. The lowest BCUT2D eigenvalue weighted by atomic mass is 9.85. The summed E-state index contributed by atoms with van der Waals surface area (Å²) in [6, 6.07) is 0.00721. The van der Waals surface area contributed by atoms with Gasteiger partial charge in [-0.3, -0.25) is 14.4 Å². The van der Waals surface area contributed by atoms with Gasteiger partial charge in [0.1, 0.15) is 0 Å². The zero-order chi connectivity index (χ0) is 15.3. The van der Waals surface area contributed by atoms with E-state index in [0.29, 0.717) is 13.1 Å². The summed E-state index contributed by atoms with van der Waals surface area (Å²) in [5.41, 5.74) is -0.552. The first-order chi connectivity index (χ1) is 9.19. The van der Waals surface area contributed by atoms with Crippen LogP contribution in [0.4, 0.5) is 0 Å². The van der Waals surface area contributed by atoms with Gasteiger partial charge in [0.15, 0.2) is 0 Å². The summed E-state index contributed by atoms with van der Waals surface area (Å²) < 4.78 is 0. The van der Waals surface area contributed by atoms with Crippen LogP contribution < -0.4 is 5.32 Å². The molecule has 0 aromatic rings. The van der Waals surface area contributed by atoms with Crippen molar-refractivity contribution in [3.8, 4) is 0 Å². The summed E-state index contributed by atoms with van der Waals surface area (Å²) in [6.07, 6.45) is 1.92. The van der Waals surface area contributed by atoms with Crippen molar-refractivity contribution < 1.29 is 19.5 Å². The Hall–Kier alpha value is -1.59. The van der Waals surface area contributed by atoms with Gasteiger partial charge in [-0.1, -0.05) is 13.8 Å². The molecular weight excluding hydrogens is 260 g/mol. The number of amides is 2. The number of likely N-dealkylation sites (tertiary alicyclic amines) is 1. The summed E-state index contributed by atoms with van der Waals surface area (Å²) in [7, 11) is 0. The Bertz CT molecular complexity index is 393. The maximum absolute atomic E-state index is 12.2. The van der Waals surface area contributed by atoms with Crippen molar-refractivity contribution in [2.24, 2.45) is 5.41 Å². The van der Waals surface area contributed by atoms with E-state index in [1.165, 1.54) is 6.92 Å². The number of carboxylic acid groups (broad SMARTS) is 1. The zero-order valence-electron chi connectivity index (χ0n) is 12.4. The van der Waals surface area contributed by atoms with Gasteiger partial charge < -0.3 is 15.3 Å². The van der Waals surface area contributed by atoms with Gasteiger partial charge in [0.2, 0.25) is 11.8 Å². The molecule has 0 radical (unpaired) electrons. The van der Waals surface area contributed by atoms with Gasteiger partial charge in [-0.15, -0.1) is 0 Å². The maximum atomic E-state index is 12.2. The minimum Gasteiger partial charge on any atom is -0.481 e. The second-order valence-electron chi connectivity index (χ2n) is 6.29. The lowest BCUT2D eigenvalue weighted by Crippen LogP contribution is -2.49. The highest BCUT2D eigenvalue weighted by molar-refractivity contribution is 5.78. The normalized spacial score (nSPS) is 19.6. The van der Waals surface area contributed by atoms with E-state index >= 15 is 0 Å². The SMILES string of the molecule is CC(=O)N[C@H]1CCCN(C(=O)CC(C)(C)CC(=O)O)C1. The van der Waals surface area contributed by atoms with Crippen LogP contribution in [-0.4, -0.2) is 46.9 Å². The molecule has 1 aliphatic heterocycles. The second kappa shape index (κ2) is 6.72. The molecule has 1 saturated heterocycles. The van der Waals surface area contributed by atoms with Crippen LogP contribution in [0.2, 0.25) is 0 Å². The van der Waals surface area contributed by atoms with E-state index in [-0.39, 0.29) is 30.7 Å². The number of carbonyl (C=O) groups excluding carboxylic acids is 2. The number of hydrogen-bond donors (Lipinski definition) is 2. The molecule has 1 rings (SSSR count). The Morgan fingerprint density at radius 1 is 1.30 bits per heavy atom. The molecule has 1 atom stereocenters. The van der Waals surface area contributed by atoms with Crippen molar-refractivity contribution in [3.05, 3.63) is 0 Å². The Kier molecular flexibility index (Phi) is 5.53. The predicted molar refractivity (Wildman–Crippen MR) is 74.1 cm³/mol. The highest BCUT2D eigenvalue weighted by Crippen LogP contribution is 2.26. The minimum absolute atomic E-state index is 0.00721. The van der Waals surface area contributed by atoms with E-state index in [0.717, 1.165) is 12.8 Å². The highest BCUT2D eigenvalue weighted by Gasteiger charge is 2.30. The molecular formula is C14H24N2O4. The first-order valence-electron chi connectivity index (χ1n) is 6.96. The fourth-order valence-corrected chi connectivity index (χ4v) is 2.60. The number of nitrogens with zero attached hydrogens (tertiary/aromatic N) is 1. The molecule has 0 aliphatic carbocycles. The number of aliphatic carboxylic acids is 1. The smallest absolute Gasteiger partial charge is 0.303 e. The average Bonchev–Trinajstić information content (AvgIpc) is 2.25. The Labute approximate surface area is 119 Å². The molecule has 0 aromatic carbocycles. The van der Waals surface area contributed by atoms with Gasteiger partial charge in [0, 0.05) is 32.5 Å². The predicted octanol–water partition coefficient (Wildman–Crippen LogP) is 1.00. The van der Waals surface area contributed by atoms with Gasteiger partial charge in [-0.2, -0.15) is 0 Å². The molecule has 1 heterocycles. The molecule has 0 bridgehead atoms. The fraction of sp³-hybridized carbons (Fsp3) is 0.786. The molecule has 20 heavy (non-hydrogen) atoms. The fourth-order valence-electron chi connectivity index (χ4n) is 2.60. The minimum atomic E-state index is -0.891. The first kappa shape index (κ1) is 16.5. The lowest BCUT2D eigenvalue weighted by Gasteiger charge is -2.35. The standard InChI is InChI=1S/C14H24N2O4/c1-10(17)15-11-5-4-6-16(9-11)12(18)7-14(2,3)8-13(19)20/h11H,4-9H2,1-3H3,(H,15,17)(H,19,20)/t11-/m0/s1. The topological polar surface area (TPSA) is 86.7 Å². The quantitative estimate of drug-likeness (QED) is 0.788. The van der Waals surface area contributed by atoms with Gasteiger partial charge in [-0.05, 0) is 18.3 Å². The van der Waals surface area contributed by atoms with Gasteiger partial charge >= 0.3 is 5.97 Å². The highest BCUT2D eigenvalue weighted by atomic mass is 16.4. The van der Waals surface area contributed by atoms with E-state index in [2.05, 4.69) is 5.32 Å². The van der Waals surface area contributed by atoms with E-state index in [1.807, 2.05) is 0 Å². The van der Waals surface area contributed by atoms with Gasteiger partial charge in [-0.25, -0.2) is 0 Å². The molecule has 0 unspecified atom stereocenters. The average molecular weight is 284 g/mol. The summed E-state index contributed by atoms with van der Waals surface area (Å²) in [5.74, 6) is -1.01. The third-order valence-corrected chi connectivity index (χ3v) is 3.44. The Balaban J connectivity index is 2.54.